The number of amides is 1. The van der Waals surface area contributed by atoms with Crippen molar-refractivity contribution in [2.45, 2.75) is 32.2 Å². The fourth-order valence-electron chi connectivity index (χ4n) is 2.87. The van der Waals surface area contributed by atoms with Gasteiger partial charge >= 0.3 is 0 Å². The summed E-state index contributed by atoms with van der Waals surface area (Å²) in [6.07, 6.45) is 3.17. The molecule has 1 aliphatic rings. The van der Waals surface area contributed by atoms with E-state index in [1.54, 1.807) is 32.4 Å². The predicted octanol–water partition coefficient (Wildman–Crippen LogP) is 2.31. The van der Waals surface area contributed by atoms with Crippen LogP contribution in [0.1, 0.15) is 36.5 Å². The highest BCUT2D eigenvalue weighted by atomic mass is 16.5. The number of carbonyl (C=O) groups excluding carboxylic acids is 1. The lowest BCUT2D eigenvalue weighted by molar-refractivity contribution is 0.0907. The minimum Gasteiger partial charge on any atom is -0.497 e. The number of nitrogens with zero attached hydrogens (tertiary/aromatic N) is 1. The van der Waals surface area contributed by atoms with E-state index < -0.39 is 0 Å². The normalized spacial score (nSPS) is 16.3. The van der Waals surface area contributed by atoms with Crippen LogP contribution >= 0.6 is 0 Å². The average Bonchev–Trinajstić information content (AvgIpc) is 2.56. The Morgan fingerprint density at radius 2 is 2.00 bits per heavy atom. The highest BCUT2D eigenvalue weighted by Gasteiger charge is 2.22. The minimum atomic E-state index is -0.0929. The molecule has 122 valence electrons. The molecule has 1 heterocycles. The maximum atomic E-state index is 12.5. The van der Waals surface area contributed by atoms with E-state index in [1.807, 2.05) is 0 Å². The number of hydrogen-bond acceptors (Lipinski definition) is 4. The van der Waals surface area contributed by atoms with Gasteiger partial charge in [0, 0.05) is 19.1 Å². The molecule has 0 spiro atoms. The minimum absolute atomic E-state index is 0.0929. The summed E-state index contributed by atoms with van der Waals surface area (Å²) in [6.45, 7) is 5.44. The molecule has 2 rings (SSSR count). The summed E-state index contributed by atoms with van der Waals surface area (Å²) in [4.78, 5) is 15.0. The lowest BCUT2D eigenvalue weighted by Gasteiger charge is -2.32. The van der Waals surface area contributed by atoms with Crippen LogP contribution in [0.25, 0.3) is 0 Å². The first kappa shape index (κ1) is 16.6. The van der Waals surface area contributed by atoms with Gasteiger partial charge in [0.1, 0.15) is 11.5 Å². The Hall–Kier alpha value is -1.75. The summed E-state index contributed by atoms with van der Waals surface area (Å²) >= 11 is 0. The molecule has 0 atom stereocenters. The van der Waals surface area contributed by atoms with Crippen molar-refractivity contribution in [3.05, 3.63) is 23.8 Å². The van der Waals surface area contributed by atoms with Gasteiger partial charge < -0.3 is 19.7 Å². The smallest absolute Gasteiger partial charge is 0.255 e. The van der Waals surface area contributed by atoms with E-state index in [-0.39, 0.29) is 11.9 Å². The van der Waals surface area contributed by atoms with Crippen LogP contribution in [0.3, 0.4) is 0 Å². The molecule has 0 aromatic heterocycles. The summed E-state index contributed by atoms with van der Waals surface area (Å²) in [7, 11) is 3.16. The van der Waals surface area contributed by atoms with E-state index in [9.17, 15) is 4.79 Å². The van der Waals surface area contributed by atoms with E-state index in [4.69, 9.17) is 9.47 Å². The van der Waals surface area contributed by atoms with Crippen LogP contribution in [0.4, 0.5) is 0 Å². The average molecular weight is 306 g/mol. The third kappa shape index (κ3) is 4.13. The molecule has 1 N–H and O–H groups in total. The number of methoxy groups -OCH3 is 2. The number of nitrogens with one attached hydrogen (secondary N) is 1. The molecule has 1 amide bonds. The molecule has 0 aliphatic carbocycles. The largest absolute Gasteiger partial charge is 0.497 e. The van der Waals surface area contributed by atoms with Crippen molar-refractivity contribution >= 4 is 5.91 Å². The Kier molecular flexibility index (Phi) is 6.07. The van der Waals surface area contributed by atoms with Crippen molar-refractivity contribution in [1.82, 2.24) is 10.2 Å². The van der Waals surface area contributed by atoms with Gasteiger partial charge in [-0.15, -0.1) is 0 Å². The second-order valence-corrected chi connectivity index (χ2v) is 5.66. The van der Waals surface area contributed by atoms with Gasteiger partial charge in [0.15, 0.2) is 0 Å². The van der Waals surface area contributed by atoms with E-state index in [0.717, 1.165) is 32.5 Å². The predicted molar refractivity (Wildman–Crippen MR) is 86.8 cm³/mol. The first-order valence-electron chi connectivity index (χ1n) is 7.93. The molecule has 22 heavy (non-hydrogen) atoms. The van der Waals surface area contributed by atoms with E-state index in [0.29, 0.717) is 17.1 Å². The standard InChI is InChI=1S/C17H26N2O3/c1-4-9-19-10-7-13(8-11-19)18-17(20)15-12-14(21-2)5-6-16(15)22-3/h5-6,12-13H,4,7-11H2,1-3H3,(H,18,20). The maximum absolute atomic E-state index is 12.5. The number of rotatable bonds is 6. The first-order valence-corrected chi connectivity index (χ1v) is 7.93. The van der Waals surface area contributed by atoms with Gasteiger partial charge in [0.05, 0.1) is 19.8 Å². The second-order valence-electron chi connectivity index (χ2n) is 5.66. The molecule has 5 nitrogen and oxygen atoms in total. The molecule has 1 fully saturated rings. The van der Waals surface area contributed by atoms with Crippen molar-refractivity contribution in [3.63, 3.8) is 0 Å². The molecule has 0 unspecified atom stereocenters. The summed E-state index contributed by atoms with van der Waals surface area (Å²) in [5.41, 5.74) is 0.526. The second kappa shape index (κ2) is 8.03. The lowest BCUT2D eigenvalue weighted by Crippen LogP contribution is -2.44. The lowest BCUT2D eigenvalue weighted by atomic mass is 10.0. The maximum Gasteiger partial charge on any atom is 0.255 e. The summed E-state index contributed by atoms with van der Waals surface area (Å²) in [5.74, 6) is 1.13. The number of hydrogen-bond donors (Lipinski definition) is 1. The van der Waals surface area contributed by atoms with E-state index >= 15 is 0 Å². The highest BCUT2D eigenvalue weighted by Crippen LogP contribution is 2.24. The highest BCUT2D eigenvalue weighted by molar-refractivity contribution is 5.97. The zero-order valence-electron chi connectivity index (χ0n) is 13.7. The van der Waals surface area contributed by atoms with Crippen LogP contribution in [-0.4, -0.2) is 50.7 Å². The van der Waals surface area contributed by atoms with Gasteiger partial charge in [-0.25, -0.2) is 0 Å². The van der Waals surface area contributed by atoms with E-state index in [1.165, 1.54) is 6.42 Å². The zero-order chi connectivity index (χ0) is 15.9. The van der Waals surface area contributed by atoms with Gasteiger partial charge in [-0.3, -0.25) is 4.79 Å². The van der Waals surface area contributed by atoms with Crippen molar-refractivity contribution in [3.8, 4) is 11.5 Å². The van der Waals surface area contributed by atoms with Gasteiger partial charge in [-0.05, 0) is 44.0 Å². The van der Waals surface area contributed by atoms with Crippen LogP contribution in [0.15, 0.2) is 18.2 Å². The monoisotopic (exact) mass is 306 g/mol. The number of likely N-dealkylation sites (tertiary alicyclic amines) is 1. The molecule has 0 bridgehead atoms. The zero-order valence-corrected chi connectivity index (χ0v) is 13.7. The van der Waals surface area contributed by atoms with Crippen molar-refractivity contribution < 1.29 is 14.3 Å². The van der Waals surface area contributed by atoms with Crippen LogP contribution in [0, 0.1) is 0 Å². The number of carbonyl (C=O) groups is 1. The molecule has 5 heteroatoms. The molecular formula is C17H26N2O3. The van der Waals surface area contributed by atoms with Crippen LogP contribution in [0.5, 0.6) is 11.5 Å². The third-order valence-corrected chi connectivity index (χ3v) is 4.11. The molecule has 0 saturated carbocycles. The van der Waals surface area contributed by atoms with Gasteiger partial charge in [-0.1, -0.05) is 6.92 Å². The van der Waals surface area contributed by atoms with Crippen LogP contribution < -0.4 is 14.8 Å². The Morgan fingerprint density at radius 3 is 2.59 bits per heavy atom. The fourth-order valence-corrected chi connectivity index (χ4v) is 2.87. The fraction of sp³-hybridized carbons (Fsp3) is 0.588. The Labute approximate surface area is 132 Å². The SMILES string of the molecule is CCCN1CCC(NC(=O)c2cc(OC)ccc2OC)CC1. The molecule has 1 saturated heterocycles. The Bertz CT molecular complexity index is 497. The molecule has 1 aromatic carbocycles. The van der Waals surface area contributed by atoms with Gasteiger partial charge in [0.25, 0.3) is 5.91 Å². The van der Waals surface area contributed by atoms with Gasteiger partial charge in [0.2, 0.25) is 0 Å². The Balaban J connectivity index is 1.98. The number of ether oxygens (including phenoxy) is 2. The molecule has 1 aromatic rings. The van der Waals surface area contributed by atoms with Crippen molar-refractivity contribution in [2.75, 3.05) is 33.9 Å². The van der Waals surface area contributed by atoms with Crippen molar-refractivity contribution in [1.29, 1.82) is 0 Å². The summed E-state index contributed by atoms with van der Waals surface area (Å²) in [5, 5.41) is 3.12. The Morgan fingerprint density at radius 1 is 1.27 bits per heavy atom. The van der Waals surface area contributed by atoms with Crippen LogP contribution in [-0.2, 0) is 0 Å². The first-order chi connectivity index (χ1) is 10.7. The number of benzene rings is 1. The van der Waals surface area contributed by atoms with Gasteiger partial charge in [-0.2, -0.15) is 0 Å². The molecule has 0 radical (unpaired) electrons. The molecular weight excluding hydrogens is 280 g/mol. The third-order valence-electron chi connectivity index (χ3n) is 4.11. The van der Waals surface area contributed by atoms with Crippen molar-refractivity contribution in [2.24, 2.45) is 0 Å². The van der Waals surface area contributed by atoms with E-state index in [2.05, 4.69) is 17.1 Å². The quantitative estimate of drug-likeness (QED) is 0.876. The summed E-state index contributed by atoms with van der Waals surface area (Å²) < 4.78 is 10.5. The number of piperidine rings is 1. The van der Waals surface area contributed by atoms with Crippen LogP contribution in [0.2, 0.25) is 0 Å². The summed E-state index contributed by atoms with van der Waals surface area (Å²) in [6, 6.07) is 5.51. The topological polar surface area (TPSA) is 50.8 Å². The molecule has 1 aliphatic heterocycles.